The van der Waals surface area contributed by atoms with Crippen molar-refractivity contribution in [2.24, 2.45) is 0 Å². The van der Waals surface area contributed by atoms with Crippen LogP contribution in [0.1, 0.15) is 0 Å². The van der Waals surface area contributed by atoms with Crippen molar-refractivity contribution in [3.8, 4) is 0 Å². The minimum absolute atomic E-state index is 0.144. The van der Waals surface area contributed by atoms with Crippen molar-refractivity contribution in [2.75, 3.05) is 52.3 Å². The molecule has 1 atom stereocenters. The van der Waals surface area contributed by atoms with Crippen molar-refractivity contribution >= 4 is 15.9 Å². The molecule has 0 bridgehead atoms. The largest absolute Gasteiger partial charge is 0.395 e. The SMILES string of the molecule is CN(CCO)CC(O)CBr.CNCCO. The highest BCUT2D eigenvalue weighted by Crippen LogP contribution is 1.92. The van der Waals surface area contributed by atoms with E-state index >= 15 is 0 Å². The molecule has 0 saturated heterocycles. The van der Waals surface area contributed by atoms with Gasteiger partial charge in [-0.3, -0.25) is 0 Å². The topological polar surface area (TPSA) is 76.0 Å². The van der Waals surface area contributed by atoms with Crippen LogP contribution < -0.4 is 5.32 Å². The Kier molecular flexibility index (Phi) is 16.8. The second-order valence-electron chi connectivity index (χ2n) is 3.12. The predicted molar refractivity (Wildman–Crippen MR) is 65.4 cm³/mol. The Labute approximate surface area is 100 Å². The lowest BCUT2D eigenvalue weighted by Gasteiger charge is -2.17. The van der Waals surface area contributed by atoms with Gasteiger partial charge in [0.1, 0.15) is 0 Å². The maximum absolute atomic E-state index is 9.08. The van der Waals surface area contributed by atoms with E-state index in [1.807, 2.05) is 11.9 Å². The number of nitrogens with zero attached hydrogens (tertiary/aromatic N) is 1. The highest BCUT2D eigenvalue weighted by atomic mass is 79.9. The third kappa shape index (κ3) is 16.9. The van der Waals surface area contributed by atoms with Gasteiger partial charge in [0.25, 0.3) is 0 Å². The number of halogens is 1. The van der Waals surface area contributed by atoms with Crippen LogP contribution in [-0.4, -0.2) is 78.6 Å². The number of aliphatic hydroxyl groups is 3. The number of nitrogens with one attached hydrogen (secondary N) is 1. The van der Waals surface area contributed by atoms with Gasteiger partial charge in [-0.1, -0.05) is 15.9 Å². The summed E-state index contributed by atoms with van der Waals surface area (Å²) >= 11 is 3.16. The molecule has 0 aliphatic carbocycles. The smallest absolute Gasteiger partial charge is 0.0763 e. The lowest BCUT2D eigenvalue weighted by atomic mass is 10.4. The van der Waals surface area contributed by atoms with Gasteiger partial charge in [0.15, 0.2) is 0 Å². The monoisotopic (exact) mass is 286 g/mol. The molecule has 0 saturated carbocycles. The molecule has 0 fully saturated rings. The van der Waals surface area contributed by atoms with Crippen molar-refractivity contribution in [2.45, 2.75) is 6.10 Å². The van der Waals surface area contributed by atoms with Gasteiger partial charge in [0, 0.05) is 25.0 Å². The van der Waals surface area contributed by atoms with E-state index in [4.69, 9.17) is 15.3 Å². The lowest BCUT2D eigenvalue weighted by Crippen LogP contribution is -2.31. The number of rotatable bonds is 7. The van der Waals surface area contributed by atoms with Crippen LogP contribution in [0.3, 0.4) is 0 Å². The first-order chi connectivity index (χ1) is 7.12. The predicted octanol–water partition coefficient (Wildman–Crippen LogP) is -1.14. The Balaban J connectivity index is 0. The van der Waals surface area contributed by atoms with Gasteiger partial charge in [0.05, 0.1) is 19.3 Å². The normalized spacial score (nSPS) is 12.2. The van der Waals surface area contributed by atoms with Gasteiger partial charge < -0.3 is 25.5 Å². The summed E-state index contributed by atoms with van der Waals surface area (Å²) in [6.45, 7) is 2.29. The third-order valence-corrected chi connectivity index (χ3v) is 2.29. The minimum Gasteiger partial charge on any atom is -0.395 e. The lowest BCUT2D eigenvalue weighted by molar-refractivity contribution is 0.131. The Hall–Kier alpha value is 0.280. The zero-order valence-electron chi connectivity index (χ0n) is 9.49. The van der Waals surface area contributed by atoms with Gasteiger partial charge in [0.2, 0.25) is 0 Å². The number of hydrogen-bond acceptors (Lipinski definition) is 5. The van der Waals surface area contributed by atoms with E-state index in [1.165, 1.54) is 0 Å². The Morgan fingerprint density at radius 1 is 1.33 bits per heavy atom. The number of alkyl halides is 1. The molecule has 1 unspecified atom stereocenters. The molecule has 5 nitrogen and oxygen atoms in total. The molecule has 0 heterocycles. The highest BCUT2D eigenvalue weighted by Gasteiger charge is 2.04. The fourth-order valence-corrected chi connectivity index (χ4v) is 0.987. The van der Waals surface area contributed by atoms with E-state index in [-0.39, 0.29) is 19.3 Å². The molecule has 4 N–H and O–H groups in total. The molecule has 94 valence electrons. The van der Waals surface area contributed by atoms with Crippen LogP contribution in [0.15, 0.2) is 0 Å². The van der Waals surface area contributed by atoms with Gasteiger partial charge in [-0.25, -0.2) is 0 Å². The quantitative estimate of drug-likeness (QED) is 0.446. The molecule has 0 aromatic heterocycles. The van der Waals surface area contributed by atoms with E-state index in [9.17, 15) is 0 Å². The number of hydrogen-bond donors (Lipinski definition) is 4. The van der Waals surface area contributed by atoms with E-state index in [1.54, 1.807) is 7.05 Å². The van der Waals surface area contributed by atoms with E-state index in [2.05, 4.69) is 21.2 Å². The fourth-order valence-electron chi connectivity index (χ4n) is 0.782. The van der Waals surface area contributed by atoms with Crippen LogP contribution in [0, 0.1) is 0 Å². The molecule has 0 aliphatic rings. The molecule has 0 spiro atoms. The summed E-state index contributed by atoms with van der Waals surface area (Å²) in [5.74, 6) is 0. The van der Waals surface area contributed by atoms with Crippen molar-refractivity contribution in [3.63, 3.8) is 0 Å². The van der Waals surface area contributed by atoms with Crippen molar-refractivity contribution < 1.29 is 15.3 Å². The minimum atomic E-state index is -0.337. The van der Waals surface area contributed by atoms with Gasteiger partial charge >= 0.3 is 0 Å². The van der Waals surface area contributed by atoms with Crippen LogP contribution in [0.25, 0.3) is 0 Å². The molecule has 0 amide bonds. The molecule has 6 heteroatoms. The first kappa shape index (κ1) is 17.7. The van der Waals surface area contributed by atoms with Crippen molar-refractivity contribution in [1.29, 1.82) is 0 Å². The van der Waals surface area contributed by atoms with Gasteiger partial charge in [-0.15, -0.1) is 0 Å². The van der Waals surface area contributed by atoms with Gasteiger partial charge in [-0.05, 0) is 14.1 Å². The van der Waals surface area contributed by atoms with Crippen LogP contribution in [-0.2, 0) is 0 Å². The molecular formula is C9H23BrN2O3. The second kappa shape index (κ2) is 14.3. The van der Waals surface area contributed by atoms with Crippen LogP contribution in [0.4, 0.5) is 0 Å². The fraction of sp³-hybridized carbons (Fsp3) is 1.00. The maximum Gasteiger partial charge on any atom is 0.0763 e. The summed E-state index contributed by atoms with van der Waals surface area (Å²) in [5, 5.41) is 28.9. The Morgan fingerprint density at radius 3 is 2.20 bits per heavy atom. The zero-order chi connectivity index (χ0) is 12.1. The standard InChI is InChI=1S/C6H14BrNO2.C3H9NO/c1-8(2-3-9)5-6(10)4-7;1-4-2-3-5/h6,9-10H,2-5H2,1H3;4-5H,2-3H2,1H3. The highest BCUT2D eigenvalue weighted by molar-refractivity contribution is 9.09. The molecule has 0 aliphatic heterocycles. The number of likely N-dealkylation sites (N-methyl/N-ethyl adjacent to an activating group) is 2. The van der Waals surface area contributed by atoms with Crippen LogP contribution in [0.5, 0.6) is 0 Å². The first-order valence-corrected chi connectivity index (χ1v) is 6.03. The zero-order valence-corrected chi connectivity index (χ0v) is 11.1. The summed E-state index contributed by atoms with van der Waals surface area (Å²) in [6, 6.07) is 0. The summed E-state index contributed by atoms with van der Waals surface area (Å²) in [6.07, 6.45) is -0.337. The summed E-state index contributed by atoms with van der Waals surface area (Å²) in [4.78, 5) is 1.88. The average molecular weight is 287 g/mol. The molecular weight excluding hydrogens is 264 g/mol. The molecule has 0 rings (SSSR count). The van der Waals surface area contributed by atoms with Crippen molar-refractivity contribution in [1.82, 2.24) is 10.2 Å². The Morgan fingerprint density at radius 2 is 1.93 bits per heavy atom. The summed E-state index contributed by atoms with van der Waals surface area (Å²) in [7, 11) is 3.66. The van der Waals surface area contributed by atoms with Crippen LogP contribution in [0.2, 0.25) is 0 Å². The summed E-state index contributed by atoms with van der Waals surface area (Å²) in [5.41, 5.74) is 0. The number of aliphatic hydroxyl groups excluding tert-OH is 3. The second-order valence-corrected chi connectivity index (χ2v) is 3.77. The Bertz CT molecular complexity index is 118. The molecule has 0 radical (unpaired) electrons. The molecule has 0 aromatic carbocycles. The van der Waals surface area contributed by atoms with Crippen LogP contribution >= 0.6 is 15.9 Å². The summed E-state index contributed by atoms with van der Waals surface area (Å²) < 4.78 is 0. The van der Waals surface area contributed by atoms with Crippen molar-refractivity contribution in [3.05, 3.63) is 0 Å². The van der Waals surface area contributed by atoms with Gasteiger partial charge in [-0.2, -0.15) is 0 Å². The molecule has 15 heavy (non-hydrogen) atoms. The van der Waals surface area contributed by atoms with E-state index in [0.29, 0.717) is 25.0 Å². The van der Waals surface area contributed by atoms with E-state index < -0.39 is 0 Å². The maximum atomic E-state index is 9.08. The third-order valence-electron chi connectivity index (χ3n) is 1.54. The molecule has 0 aromatic rings. The first-order valence-electron chi connectivity index (χ1n) is 4.91. The van der Waals surface area contributed by atoms with E-state index in [0.717, 1.165) is 0 Å². The average Bonchev–Trinajstić information content (AvgIpc) is 2.20.